The number of nitrogens with one attached hydrogen (secondary N) is 2. The van der Waals surface area contributed by atoms with E-state index in [0.29, 0.717) is 5.69 Å². The number of benzene rings is 3. The standard InChI is InChI=1S/C20H16BrClN2O5S/c1-29-18-10-9-14(30(27,28)24-13-7-5-12(21)6-8-13)11-17(18)23-20(26)15-3-2-4-16(22)19(15)25/h2-11,24-25H,1H3,(H,23,26). The maximum Gasteiger partial charge on any atom is 0.261 e. The van der Waals surface area contributed by atoms with Crippen LogP contribution >= 0.6 is 27.5 Å². The molecule has 10 heteroatoms. The van der Waals surface area contributed by atoms with Gasteiger partial charge in [-0.15, -0.1) is 0 Å². The molecule has 3 rings (SSSR count). The Morgan fingerprint density at radius 1 is 1.10 bits per heavy atom. The van der Waals surface area contributed by atoms with Crippen LogP contribution in [0.25, 0.3) is 0 Å². The molecule has 30 heavy (non-hydrogen) atoms. The lowest BCUT2D eigenvalue weighted by Gasteiger charge is -2.14. The van der Waals surface area contributed by atoms with Gasteiger partial charge in [0, 0.05) is 10.2 Å². The number of hydrogen-bond donors (Lipinski definition) is 3. The topological polar surface area (TPSA) is 105 Å². The Bertz CT molecular complexity index is 1200. The van der Waals surface area contributed by atoms with Gasteiger partial charge in [0.15, 0.2) is 0 Å². The van der Waals surface area contributed by atoms with Crippen molar-refractivity contribution >= 4 is 54.8 Å². The fraction of sp³-hybridized carbons (Fsp3) is 0.0500. The number of phenols is 1. The van der Waals surface area contributed by atoms with Gasteiger partial charge in [0.05, 0.1) is 28.3 Å². The normalized spacial score (nSPS) is 11.0. The Morgan fingerprint density at radius 2 is 1.80 bits per heavy atom. The van der Waals surface area contributed by atoms with Gasteiger partial charge in [0.25, 0.3) is 15.9 Å². The Morgan fingerprint density at radius 3 is 2.47 bits per heavy atom. The third kappa shape index (κ3) is 4.86. The van der Waals surface area contributed by atoms with Gasteiger partial charge in [0.2, 0.25) is 0 Å². The summed E-state index contributed by atoms with van der Waals surface area (Å²) >= 11 is 9.14. The van der Waals surface area contributed by atoms with E-state index in [2.05, 4.69) is 26.0 Å². The Kier molecular flexibility index (Phi) is 6.55. The lowest BCUT2D eigenvalue weighted by molar-refractivity contribution is 0.102. The van der Waals surface area contributed by atoms with E-state index in [1.165, 1.54) is 43.5 Å². The van der Waals surface area contributed by atoms with Crippen molar-refractivity contribution in [3.05, 3.63) is 75.7 Å². The Balaban J connectivity index is 1.92. The zero-order valence-corrected chi connectivity index (χ0v) is 18.7. The van der Waals surface area contributed by atoms with Gasteiger partial charge >= 0.3 is 0 Å². The van der Waals surface area contributed by atoms with E-state index in [1.807, 2.05) is 0 Å². The summed E-state index contributed by atoms with van der Waals surface area (Å²) in [6, 6.07) is 15.0. The zero-order valence-electron chi connectivity index (χ0n) is 15.5. The van der Waals surface area contributed by atoms with Gasteiger partial charge in [0.1, 0.15) is 11.5 Å². The minimum Gasteiger partial charge on any atom is -0.506 e. The summed E-state index contributed by atoms with van der Waals surface area (Å²) in [6.07, 6.45) is 0. The highest BCUT2D eigenvalue weighted by molar-refractivity contribution is 9.10. The van der Waals surface area contributed by atoms with Crippen LogP contribution in [0.4, 0.5) is 11.4 Å². The number of carbonyl (C=O) groups excluding carboxylic acids is 1. The molecule has 0 radical (unpaired) electrons. The number of ether oxygens (including phenoxy) is 1. The molecule has 1 amide bonds. The molecule has 0 aliphatic carbocycles. The number of amides is 1. The van der Waals surface area contributed by atoms with E-state index in [0.717, 1.165) is 4.47 Å². The molecule has 0 spiro atoms. The number of rotatable bonds is 6. The van der Waals surface area contributed by atoms with Gasteiger partial charge < -0.3 is 15.2 Å². The summed E-state index contributed by atoms with van der Waals surface area (Å²) in [5.41, 5.74) is 0.426. The van der Waals surface area contributed by atoms with Crippen LogP contribution in [0.1, 0.15) is 10.4 Å². The van der Waals surface area contributed by atoms with Crippen LogP contribution in [0.5, 0.6) is 11.5 Å². The fourth-order valence-corrected chi connectivity index (χ4v) is 4.10. The number of methoxy groups -OCH3 is 1. The smallest absolute Gasteiger partial charge is 0.261 e. The highest BCUT2D eigenvalue weighted by atomic mass is 79.9. The maximum absolute atomic E-state index is 12.8. The second-order valence-electron chi connectivity index (χ2n) is 6.06. The predicted molar refractivity (Wildman–Crippen MR) is 119 cm³/mol. The second-order valence-corrected chi connectivity index (χ2v) is 9.07. The minimum atomic E-state index is -3.93. The van der Waals surface area contributed by atoms with Gasteiger partial charge in [-0.05, 0) is 54.6 Å². The first-order valence-corrected chi connectivity index (χ1v) is 11.1. The molecule has 0 unspecified atom stereocenters. The first kappa shape index (κ1) is 21.9. The van der Waals surface area contributed by atoms with Gasteiger partial charge in [-0.25, -0.2) is 8.42 Å². The SMILES string of the molecule is COc1ccc(S(=O)(=O)Nc2ccc(Br)cc2)cc1NC(=O)c1cccc(Cl)c1O. The van der Waals surface area contributed by atoms with E-state index in [9.17, 15) is 18.3 Å². The molecule has 0 aliphatic heterocycles. The van der Waals surface area contributed by atoms with E-state index in [-0.39, 0.29) is 32.7 Å². The number of phenolic OH excluding ortho intramolecular Hbond substituents is 1. The average Bonchev–Trinajstić information content (AvgIpc) is 2.71. The number of hydrogen-bond acceptors (Lipinski definition) is 5. The Hall–Kier alpha value is -2.75. The third-order valence-corrected chi connectivity index (χ3v) is 6.27. The van der Waals surface area contributed by atoms with Gasteiger partial charge in [-0.1, -0.05) is 33.6 Å². The number of anilines is 2. The van der Waals surface area contributed by atoms with Crippen molar-refractivity contribution in [1.82, 2.24) is 0 Å². The number of para-hydroxylation sites is 1. The molecule has 3 N–H and O–H groups in total. The van der Waals surface area contributed by atoms with Crippen molar-refractivity contribution in [3.63, 3.8) is 0 Å². The monoisotopic (exact) mass is 510 g/mol. The van der Waals surface area contributed by atoms with E-state index in [1.54, 1.807) is 24.3 Å². The first-order chi connectivity index (χ1) is 14.2. The van der Waals surface area contributed by atoms with Crippen molar-refractivity contribution in [2.24, 2.45) is 0 Å². The van der Waals surface area contributed by atoms with Crippen LogP contribution in [0, 0.1) is 0 Å². The highest BCUT2D eigenvalue weighted by Gasteiger charge is 2.20. The van der Waals surface area contributed by atoms with Crippen molar-refractivity contribution < 1.29 is 23.1 Å². The Labute approximate surface area is 186 Å². The van der Waals surface area contributed by atoms with Gasteiger partial charge in [-0.3, -0.25) is 9.52 Å². The number of halogens is 2. The summed E-state index contributed by atoms with van der Waals surface area (Å²) in [4.78, 5) is 12.5. The molecule has 156 valence electrons. The summed E-state index contributed by atoms with van der Waals surface area (Å²) in [5.74, 6) is -0.813. The lowest BCUT2D eigenvalue weighted by Crippen LogP contribution is -2.16. The average molecular weight is 512 g/mol. The molecular formula is C20H16BrClN2O5S. The van der Waals surface area contributed by atoms with Crippen LogP contribution in [0.15, 0.2) is 70.0 Å². The molecule has 0 aliphatic rings. The molecule has 0 fully saturated rings. The second kappa shape index (κ2) is 8.95. The van der Waals surface area contributed by atoms with Crippen molar-refractivity contribution in [2.45, 2.75) is 4.90 Å². The van der Waals surface area contributed by atoms with Crippen LogP contribution < -0.4 is 14.8 Å². The molecule has 0 bridgehead atoms. The van der Waals surface area contributed by atoms with Crippen molar-refractivity contribution in [3.8, 4) is 11.5 Å². The summed E-state index contributed by atoms with van der Waals surface area (Å²) in [5, 5.41) is 12.6. The number of aromatic hydroxyl groups is 1. The first-order valence-electron chi connectivity index (χ1n) is 8.46. The fourth-order valence-electron chi connectivity index (χ4n) is 2.57. The molecule has 3 aromatic carbocycles. The zero-order chi connectivity index (χ0) is 21.9. The summed E-state index contributed by atoms with van der Waals surface area (Å²) < 4.78 is 34.0. The number of carbonyl (C=O) groups is 1. The molecule has 7 nitrogen and oxygen atoms in total. The molecule has 0 atom stereocenters. The van der Waals surface area contributed by atoms with Crippen molar-refractivity contribution in [1.29, 1.82) is 0 Å². The van der Waals surface area contributed by atoms with Crippen LogP contribution in [-0.2, 0) is 10.0 Å². The van der Waals surface area contributed by atoms with E-state index >= 15 is 0 Å². The van der Waals surface area contributed by atoms with Gasteiger partial charge in [-0.2, -0.15) is 0 Å². The highest BCUT2D eigenvalue weighted by Crippen LogP contribution is 2.31. The van der Waals surface area contributed by atoms with Crippen LogP contribution in [-0.4, -0.2) is 26.5 Å². The molecule has 0 saturated heterocycles. The third-order valence-electron chi connectivity index (χ3n) is 4.06. The lowest BCUT2D eigenvalue weighted by atomic mass is 10.2. The molecular weight excluding hydrogens is 496 g/mol. The summed E-state index contributed by atoms with van der Waals surface area (Å²) in [7, 11) is -2.55. The van der Waals surface area contributed by atoms with Crippen LogP contribution in [0.3, 0.4) is 0 Å². The largest absolute Gasteiger partial charge is 0.506 e. The quantitative estimate of drug-likeness (QED) is 0.438. The summed E-state index contributed by atoms with van der Waals surface area (Å²) in [6.45, 7) is 0. The molecule has 0 saturated carbocycles. The molecule has 3 aromatic rings. The maximum atomic E-state index is 12.8. The van der Waals surface area contributed by atoms with Crippen LogP contribution in [0.2, 0.25) is 5.02 Å². The van der Waals surface area contributed by atoms with E-state index in [4.69, 9.17) is 16.3 Å². The van der Waals surface area contributed by atoms with Crippen molar-refractivity contribution in [2.75, 3.05) is 17.1 Å². The van der Waals surface area contributed by atoms with E-state index < -0.39 is 15.9 Å². The molecule has 0 heterocycles. The number of sulfonamides is 1. The molecule has 0 aromatic heterocycles. The minimum absolute atomic E-state index is 0.0182. The predicted octanol–water partition coefficient (Wildman–Crippen LogP) is 4.87.